The van der Waals surface area contributed by atoms with Gasteiger partial charge < -0.3 is 15.4 Å². The summed E-state index contributed by atoms with van der Waals surface area (Å²) in [4.78, 5) is 12.6. The normalized spacial score (nSPS) is 24.9. The summed E-state index contributed by atoms with van der Waals surface area (Å²) in [5.41, 5.74) is 3.30. The lowest BCUT2D eigenvalue weighted by molar-refractivity contribution is 0.00214. The van der Waals surface area contributed by atoms with Crippen molar-refractivity contribution in [3.8, 4) is 0 Å². The van der Waals surface area contributed by atoms with E-state index in [0.717, 1.165) is 45.4 Å². The molecule has 1 saturated carbocycles. The maximum atomic E-state index is 12.6. The molecule has 5 heteroatoms. The van der Waals surface area contributed by atoms with E-state index in [9.17, 15) is 4.79 Å². The largest absolute Gasteiger partial charge is 0.381 e. The third-order valence-corrected chi connectivity index (χ3v) is 7.53. The molecule has 2 fully saturated rings. The lowest BCUT2D eigenvalue weighted by atomic mass is 9.74. The molecule has 0 bridgehead atoms. The van der Waals surface area contributed by atoms with Crippen LogP contribution >= 0.6 is 11.8 Å². The maximum absolute atomic E-state index is 12.6. The summed E-state index contributed by atoms with van der Waals surface area (Å²) in [6.45, 7) is 2.37. The summed E-state index contributed by atoms with van der Waals surface area (Å²) in [5.74, 6) is 1.22. The smallest absolute Gasteiger partial charge is 0.315 e. The van der Waals surface area contributed by atoms with E-state index in [0.29, 0.717) is 5.41 Å². The van der Waals surface area contributed by atoms with E-state index in [1.807, 2.05) is 11.8 Å². The Kier molecular flexibility index (Phi) is 5.20. The van der Waals surface area contributed by atoms with Crippen molar-refractivity contribution in [1.82, 2.24) is 10.6 Å². The van der Waals surface area contributed by atoms with Crippen LogP contribution in [-0.2, 0) is 11.2 Å². The van der Waals surface area contributed by atoms with Crippen molar-refractivity contribution in [3.63, 3.8) is 0 Å². The van der Waals surface area contributed by atoms with Gasteiger partial charge in [0.2, 0.25) is 0 Å². The van der Waals surface area contributed by atoms with Crippen LogP contribution in [0.15, 0.2) is 24.3 Å². The molecule has 1 spiro atoms. The average molecular weight is 375 g/mol. The van der Waals surface area contributed by atoms with E-state index in [1.54, 1.807) is 0 Å². The summed E-state index contributed by atoms with van der Waals surface area (Å²) in [6.07, 6.45) is 8.99. The van der Waals surface area contributed by atoms with Crippen LogP contribution in [-0.4, -0.2) is 37.8 Å². The van der Waals surface area contributed by atoms with Crippen LogP contribution in [0.2, 0.25) is 0 Å². The van der Waals surface area contributed by atoms with E-state index >= 15 is 0 Å². The molecule has 2 amide bonds. The Balaban J connectivity index is 1.39. The highest BCUT2D eigenvalue weighted by Crippen LogP contribution is 2.52. The van der Waals surface area contributed by atoms with Crippen molar-refractivity contribution in [2.75, 3.05) is 31.8 Å². The fraction of sp³-hybridized carbons (Fsp3) is 0.667. The summed E-state index contributed by atoms with van der Waals surface area (Å²) in [6, 6.07) is 8.67. The third-order valence-electron chi connectivity index (χ3n) is 6.63. The van der Waals surface area contributed by atoms with Crippen LogP contribution < -0.4 is 10.6 Å². The van der Waals surface area contributed by atoms with Gasteiger partial charge in [0.05, 0.1) is 6.04 Å². The number of carbonyl (C=O) groups excluding carboxylic acids is 1. The summed E-state index contributed by atoms with van der Waals surface area (Å²) >= 11 is 1.92. The summed E-state index contributed by atoms with van der Waals surface area (Å²) in [5, 5.41) is 6.45. The molecule has 4 rings (SSSR count). The Hall–Kier alpha value is -1.20. The quantitative estimate of drug-likeness (QED) is 0.794. The van der Waals surface area contributed by atoms with Gasteiger partial charge in [0.15, 0.2) is 0 Å². The third kappa shape index (κ3) is 3.61. The number of nitrogens with one attached hydrogen (secondary N) is 2. The molecule has 4 nitrogen and oxygen atoms in total. The number of thioether (sulfide) groups is 1. The van der Waals surface area contributed by atoms with Gasteiger partial charge in [-0.15, -0.1) is 0 Å². The zero-order valence-corrected chi connectivity index (χ0v) is 16.5. The molecule has 142 valence electrons. The fourth-order valence-corrected chi connectivity index (χ4v) is 5.88. The minimum Gasteiger partial charge on any atom is -0.381 e. The van der Waals surface area contributed by atoms with E-state index in [1.165, 1.54) is 29.7 Å². The van der Waals surface area contributed by atoms with Crippen molar-refractivity contribution in [3.05, 3.63) is 35.4 Å². The van der Waals surface area contributed by atoms with Gasteiger partial charge in [-0.2, -0.15) is 11.8 Å². The fourth-order valence-electron chi connectivity index (χ4n) is 4.84. The lowest BCUT2D eigenvalue weighted by Gasteiger charge is -2.39. The molecule has 0 aromatic heterocycles. The number of carbonyl (C=O) groups is 1. The molecule has 2 N–H and O–H groups in total. The number of amides is 2. The van der Waals surface area contributed by atoms with E-state index in [-0.39, 0.29) is 17.5 Å². The summed E-state index contributed by atoms with van der Waals surface area (Å²) < 4.78 is 5.61. The van der Waals surface area contributed by atoms with Crippen molar-refractivity contribution >= 4 is 17.8 Å². The number of benzene rings is 1. The molecular formula is C21H30N2O2S. The van der Waals surface area contributed by atoms with Crippen molar-refractivity contribution in [1.29, 1.82) is 0 Å². The highest BCUT2D eigenvalue weighted by Gasteiger charge is 2.47. The van der Waals surface area contributed by atoms with Crippen molar-refractivity contribution < 1.29 is 9.53 Å². The van der Waals surface area contributed by atoms with Gasteiger partial charge in [0.25, 0.3) is 0 Å². The van der Waals surface area contributed by atoms with Gasteiger partial charge >= 0.3 is 6.03 Å². The first-order valence-electron chi connectivity index (χ1n) is 9.85. The minimum atomic E-state index is -0.0162. The van der Waals surface area contributed by atoms with Gasteiger partial charge in [0.1, 0.15) is 0 Å². The first-order chi connectivity index (χ1) is 12.7. The standard InChI is InChI=1S/C21H30N2O2S/c1-26-15-20(6-7-20)8-11-22-19(24)23-18-17-5-3-2-4-16(17)14-21(18)9-12-25-13-10-21/h2-5,18H,6-15H2,1H3,(H2,22,23,24). The van der Waals surface area contributed by atoms with Gasteiger partial charge in [-0.1, -0.05) is 24.3 Å². The zero-order valence-electron chi connectivity index (χ0n) is 15.7. The molecular weight excluding hydrogens is 344 g/mol. The monoisotopic (exact) mass is 374 g/mol. The predicted molar refractivity (Wildman–Crippen MR) is 107 cm³/mol. The highest BCUT2D eigenvalue weighted by molar-refractivity contribution is 7.98. The topological polar surface area (TPSA) is 50.4 Å². The average Bonchev–Trinajstić information content (AvgIpc) is 3.34. The zero-order chi connectivity index (χ0) is 18.0. The Labute approximate surface area is 160 Å². The molecule has 0 radical (unpaired) electrons. The Morgan fingerprint density at radius 2 is 2.00 bits per heavy atom. The van der Waals surface area contributed by atoms with Crippen LogP contribution in [0.1, 0.15) is 49.3 Å². The van der Waals surface area contributed by atoms with Crippen LogP contribution in [0, 0.1) is 10.8 Å². The van der Waals surface area contributed by atoms with E-state index < -0.39 is 0 Å². The van der Waals surface area contributed by atoms with Gasteiger partial charge in [0, 0.05) is 25.2 Å². The van der Waals surface area contributed by atoms with Crippen LogP contribution in [0.5, 0.6) is 0 Å². The molecule has 2 aliphatic carbocycles. The molecule has 1 unspecified atom stereocenters. The first kappa shape index (κ1) is 18.2. The lowest BCUT2D eigenvalue weighted by Crippen LogP contribution is -2.46. The number of rotatable bonds is 6. The SMILES string of the molecule is CSCC1(CCNC(=O)NC2c3ccccc3CC23CCOCC3)CC1. The molecule has 1 aromatic carbocycles. The molecule has 26 heavy (non-hydrogen) atoms. The number of ether oxygens (including phenoxy) is 1. The molecule has 1 heterocycles. The number of hydrogen-bond acceptors (Lipinski definition) is 3. The Bertz CT molecular complexity index is 653. The van der Waals surface area contributed by atoms with Gasteiger partial charge in [-0.25, -0.2) is 4.79 Å². The highest BCUT2D eigenvalue weighted by atomic mass is 32.2. The minimum absolute atomic E-state index is 0.0162. The number of fused-ring (bicyclic) bond motifs is 1. The van der Waals surface area contributed by atoms with Gasteiger partial charge in [-0.3, -0.25) is 0 Å². The molecule has 1 saturated heterocycles. The number of hydrogen-bond donors (Lipinski definition) is 2. The maximum Gasteiger partial charge on any atom is 0.315 e. The second-order valence-electron chi connectivity index (χ2n) is 8.37. The van der Waals surface area contributed by atoms with Crippen molar-refractivity contribution in [2.45, 2.75) is 44.6 Å². The molecule has 1 aromatic rings. The second kappa shape index (κ2) is 7.43. The summed E-state index contributed by atoms with van der Waals surface area (Å²) in [7, 11) is 0. The van der Waals surface area contributed by atoms with Crippen molar-refractivity contribution in [2.24, 2.45) is 10.8 Å². The second-order valence-corrected chi connectivity index (χ2v) is 9.23. The van der Waals surface area contributed by atoms with Crippen LogP contribution in [0.3, 0.4) is 0 Å². The molecule has 3 aliphatic rings. The predicted octanol–water partition coefficient (Wildman–Crippen LogP) is 3.91. The van der Waals surface area contributed by atoms with Crippen LogP contribution in [0.4, 0.5) is 4.79 Å². The van der Waals surface area contributed by atoms with Crippen LogP contribution in [0.25, 0.3) is 0 Å². The first-order valence-corrected chi connectivity index (χ1v) is 11.2. The molecule has 1 aliphatic heterocycles. The Morgan fingerprint density at radius 1 is 1.23 bits per heavy atom. The van der Waals surface area contributed by atoms with E-state index in [2.05, 4.69) is 41.2 Å². The molecule has 1 atom stereocenters. The van der Waals surface area contributed by atoms with E-state index in [4.69, 9.17) is 4.74 Å². The van der Waals surface area contributed by atoms with Gasteiger partial charge in [-0.05, 0) is 67.1 Å². The number of urea groups is 1. The Morgan fingerprint density at radius 3 is 2.73 bits per heavy atom.